The highest BCUT2D eigenvalue weighted by Gasteiger charge is 2.44. The van der Waals surface area contributed by atoms with Crippen LogP contribution in [0.1, 0.15) is 46.1 Å². The topological polar surface area (TPSA) is 40.6 Å². The number of thioether (sulfide) groups is 1. The minimum atomic E-state index is -0.528. The van der Waals surface area contributed by atoms with E-state index in [2.05, 4.69) is 0 Å². The van der Waals surface area contributed by atoms with E-state index in [1.54, 1.807) is 23.1 Å². The van der Waals surface area contributed by atoms with E-state index in [1.165, 1.54) is 23.9 Å². The summed E-state index contributed by atoms with van der Waals surface area (Å²) >= 11 is 1.53. The Morgan fingerprint density at radius 2 is 1.76 bits per heavy atom. The molecule has 2 aromatic rings. The Morgan fingerprint density at radius 3 is 2.45 bits per heavy atom. The van der Waals surface area contributed by atoms with E-state index in [9.17, 15) is 14.0 Å². The highest BCUT2D eigenvalue weighted by Crippen LogP contribution is 2.43. The van der Waals surface area contributed by atoms with Gasteiger partial charge in [-0.15, -0.1) is 11.8 Å². The number of carbonyl (C=O) groups excluding carboxylic acids is 2. The van der Waals surface area contributed by atoms with Crippen molar-refractivity contribution in [2.45, 2.75) is 37.6 Å². The highest BCUT2D eigenvalue weighted by atomic mass is 32.2. The van der Waals surface area contributed by atoms with Crippen molar-refractivity contribution in [2.75, 3.05) is 18.8 Å². The molecule has 2 fully saturated rings. The number of benzene rings is 2. The number of carbonyl (C=O) groups is 2. The molecule has 0 saturated carbocycles. The first-order chi connectivity index (χ1) is 14.0. The van der Waals surface area contributed by atoms with Gasteiger partial charge < -0.3 is 9.80 Å². The number of amides is 2. The van der Waals surface area contributed by atoms with Crippen LogP contribution in [0.2, 0.25) is 0 Å². The van der Waals surface area contributed by atoms with Crippen molar-refractivity contribution < 1.29 is 14.0 Å². The Balaban J connectivity index is 1.67. The molecule has 2 saturated heterocycles. The smallest absolute Gasteiger partial charge is 0.255 e. The predicted molar refractivity (Wildman–Crippen MR) is 113 cm³/mol. The lowest BCUT2D eigenvalue weighted by molar-refractivity contribution is -0.136. The van der Waals surface area contributed by atoms with Gasteiger partial charge in [0.25, 0.3) is 5.91 Å². The Labute approximate surface area is 175 Å². The van der Waals surface area contributed by atoms with E-state index in [-0.39, 0.29) is 23.0 Å². The molecule has 0 N–H and O–H groups in total. The van der Waals surface area contributed by atoms with Crippen LogP contribution < -0.4 is 0 Å². The number of nitrogens with zero attached hydrogens (tertiary/aromatic N) is 2. The number of aryl methyl sites for hydroxylation is 1. The maximum atomic E-state index is 13.9. The average molecular weight is 413 g/mol. The number of likely N-dealkylation sites (tertiary alicyclic amines) is 1. The highest BCUT2D eigenvalue weighted by molar-refractivity contribution is 7.99. The van der Waals surface area contributed by atoms with Crippen LogP contribution in [0, 0.1) is 12.7 Å². The molecular formula is C23H25FN2O2S. The normalized spacial score (nSPS) is 22.0. The third kappa shape index (κ3) is 4.17. The first-order valence-electron chi connectivity index (χ1n) is 10.1. The molecule has 2 aliphatic heterocycles. The van der Waals surface area contributed by atoms with Gasteiger partial charge in [0.1, 0.15) is 17.2 Å². The van der Waals surface area contributed by atoms with Gasteiger partial charge >= 0.3 is 0 Å². The summed E-state index contributed by atoms with van der Waals surface area (Å²) in [6, 6.07) is 13.2. The largest absolute Gasteiger partial charge is 0.341 e. The first-order valence-corrected chi connectivity index (χ1v) is 11.1. The van der Waals surface area contributed by atoms with E-state index >= 15 is 0 Å². The molecule has 152 valence electrons. The van der Waals surface area contributed by atoms with E-state index in [1.807, 2.05) is 30.0 Å². The van der Waals surface area contributed by atoms with E-state index in [4.69, 9.17) is 0 Å². The molecule has 0 radical (unpaired) electrons. The van der Waals surface area contributed by atoms with Crippen molar-refractivity contribution in [3.63, 3.8) is 0 Å². The minimum absolute atomic E-state index is 0.0107. The Bertz CT molecular complexity index is 896. The third-order valence-corrected chi connectivity index (χ3v) is 6.94. The SMILES string of the molecule is Cc1ccc(C(=O)N2C(C(=O)N3CCCCC3)CSC2c2cccc(F)c2)cc1. The maximum absolute atomic E-state index is 13.9. The van der Waals surface area contributed by atoms with Gasteiger partial charge in [-0.05, 0) is 56.0 Å². The van der Waals surface area contributed by atoms with Crippen LogP contribution in [-0.2, 0) is 4.79 Å². The molecule has 4 rings (SSSR count). The van der Waals surface area contributed by atoms with Crippen molar-refractivity contribution in [1.82, 2.24) is 9.80 Å². The molecule has 2 unspecified atom stereocenters. The summed E-state index contributed by atoms with van der Waals surface area (Å²) in [6.45, 7) is 3.46. The zero-order valence-corrected chi connectivity index (χ0v) is 17.3. The average Bonchev–Trinajstić information content (AvgIpc) is 3.19. The maximum Gasteiger partial charge on any atom is 0.255 e. The van der Waals surface area contributed by atoms with Gasteiger partial charge in [0.2, 0.25) is 5.91 Å². The summed E-state index contributed by atoms with van der Waals surface area (Å²) in [7, 11) is 0. The quantitative estimate of drug-likeness (QED) is 0.750. The summed E-state index contributed by atoms with van der Waals surface area (Å²) < 4.78 is 13.9. The molecule has 2 aromatic carbocycles. The number of halogens is 1. The molecule has 0 spiro atoms. The molecular weight excluding hydrogens is 387 g/mol. The lowest BCUT2D eigenvalue weighted by atomic mass is 10.1. The van der Waals surface area contributed by atoms with Gasteiger partial charge in [-0.25, -0.2) is 4.39 Å². The number of rotatable bonds is 3. The van der Waals surface area contributed by atoms with Crippen LogP contribution >= 0.6 is 11.8 Å². The van der Waals surface area contributed by atoms with Gasteiger partial charge in [0, 0.05) is 24.4 Å². The molecule has 2 atom stereocenters. The second-order valence-corrected chi connectivity index (χ2v) is 8.83. The van der Waals surface area contributed by atoms with E-state index < -0.39 is 6.04 Å². The second kappa shape index (κ2) is 8.57. The molecule has 4 nitrogen and oxygen atoms in total. The zero-order valence-electron chi connectivity index (χ0n) is 16.5. The Hall–Kier alpha value is -2.34. The fraction of sp³-hybridized carbons (Fsp3) is 0.391. The van der Waals surface area contributed by atoms with Crippen LogP contribution in [0.15, 0.2) is 48.5 Å². The van der Waals surface area contributed by atoms with Crippen LogP contribution in [0.4, 0.5) is 4.39 Å². The minimum Gasteiger partial charge on any atom is -0.341 e. The van der Waals surface area contributed by atoms with Crippen molar-refractivity contribution in [3.05, 3.63) is 71.0 Å². The number of hydrogen-bond acceptors (Lipinski definition) is 3. The van der Waals surface area contributed by atoms with Crippen LogP contribution in [-0.4, -0.2) is 46.5 Å². The van der Waals surface area contributed by atoms with Gasteiger partial charge in [-0.3, -0.25) is 9.59 Å². The van der Waals surface area contributed by atoms with Gasteiger partial charge in [0.15, 0.2) is 0 Å². The molecule has 6 heteroatoms. The van der Waals surface area contributed by atoms with Crippen molar-refractivity contribution in [1.29, 1.82) is 0 Å². The molecule has 29 heavy (non-hydrogen) atoms. The fourth-order valence-corrected chi connectivity index (χ4v) is 5.44. The Morgan fingerprint density at radius 1 is 1.03 bits per heavy atom. The summed E-state index contributed by atoms with van der Waals surface area (Å²) in [6.07, 6.45) is 3.15. The standard InChI is InChI=1S/C23H25FN2O2S/c1-16-8-10-17(11-9-16)21(27)26-20(22(28)25-12-3-2-4-13-25)15-29-23(26)18-6-5-7-19(24)14-18/h5-11,14,20,23H,2-4,12-13,15H2,1H3. The summed E-state index contributed by atoms with van der Waals surface area (Å²) in [4.78, 5) is 30.3. The first kappa shape index (κ1) is 20.0. The van der Waals surface area contributed by atoms with Crippen LogP contribution in [0.5, 0.6) is 0 Å². The zero-order chi connectivity index (χ0) is 20.4. The van der Waals surface area contributed by atoms with Gasteiger partial charge in [0.05, 0.1) is 0 Å². The number of hydrogen-bond donors (Lipinski definition) is 0. The Kier molecular flexibility index (Phi) is 5.90. The lowest BCUT2D eigenvalue weighted by Gasteiger charge is -2.34. The summed E-state index contributed by atoms with van der Waals surface area (Å²) in [5.74, 6) is 0.0153. The molecule has 0 aliphatic carbocycles. The van der Waals surface area contributed by atoms with Gasteiger partial charge in [-0.1, -0.05) is 29.8 Å². The monoisotopic (exact) mass is 412 g/mol. The molecule has 2 aliphatic rings. The summed E-state index contributed by atoms with van der Waals surface area (Å²) in [5, 5.41) is -0.377. The molecule has 2 amide bonds. The molecule has 2 heterocycles. The van der Waals surface area contributed by atoms with E-state index in [0.717, 1.165) is 37.9 Å². The summed E-state index contributed by atoms with van der Waals surface area (Å²) in [5.41, 5.74) is 2.33. The fourth-order valence-electron chi connectivity index (χ4n) is 4.03. The lowest BCUT2D eigenvalue weighted by Crippen LogP contribution is -2.50. The molecule has 0 aromatic heterocycles. The van der Waals surface area contributed by atoms with E-state index in [0.29, 0.717) is 16.9 Å². The number of piperidine rings is 1. The van der Waals surface area contributed by atoms with Crippen molar-refractivity contribution >= 4 is 23.6 Å². The predicted octanol–water partition coefficient (Wildman–Crippen LogP) is 4.40. The van der Waals surface area contributed by atoms with Crippen molar-refractivity contribution in [2.24, 2.45) is 0 Å². The molecule has 0 bridgehead atoms. The third-order valence-electron chi connectivity index (χ3n) is 5.62. The van der Waals surface area contributed by atoms with Crippen LogP contribution in [0.3, 0.4) is 0 Å². The second-order valence-electron chi connectivity index (χ2n) is 7.72. The van der Waals surface area contributed by atoms with Gasteiger partial charge in [-0.2, -0.15) is 0 Å². The van der Waals surface area contributed by atoms with Crippen LogP contribution in [0.25, 0.3) is 0 Å². The van der Waals surface area contributed by atoms with Crippen molar-refractivity contribution in [3.8, 4) is 0 Å².